The summed E-state index contributed by atoms with van der Waals surface area (Å²) >= 11 is 0. The van der Waals surface area contributed by atoms with Crippen molar-refractivity contribution >= 4 is 30.0 Å². The number of carbonyl (C=O) groups excluding carboxylic acids is 2. The summed E-state index contributed by atoms with van der Waals surface area (Å²) in [6.07, 6.45) is 10.5. The first kappa shape index (κ1) is 30.1. The molecule has 6 atom stereocenters. The monoisotopic (exact) mass is 535 g/mol. The second kappa shape index (κ2) is 11.8. The molecule has 6 nitrogen and oxygen atoms in total. The highest BCUT2D eigenvalue weighted by Crippen LogP contribution is 2.66. The smallest absolute Gasteiger partial charge is 0.313 e. The van der Waals surface area contributed by atoms with Gasteiger partial charge in [0.2, 0.25) is 0 Å². The maximum atomic E-state index is 12.9. The molecule has 0 unspecified atom stereocenters. The molecule has 4 aliphatic carbocycles. The molecule has 4 aliphatic rings. The van der Waals surface area contributed by atoms with E-state index in [9.17, 15) is 9.59 Å². The number of carbonyl (C=O) groups is 2. The Balaban J connectivity index is 0.00000380. The van der Waals surface area contributed by atoms with Crippen LogP contribution in [0.3, 0.4) is 0 Å². The fraction of sp³-hybridized carbons (Fsp3) is 0.833. The van der Waals surface area contributed by atoms with Crippen molar-refractivity contribution < 1.29 is 14.4 Å². The van der Waals surface area contributed by atoms with Crippen LogP contribution in [0.2, 0.25) is 0 Å². The molecule has 0 aromatic rings. The minimum Gasteiger partial charge on any atom is -0.313 e. The average Bonchev–Trinajstić information content (AvgIpc) is 3.17. The highest BCUT2D eigenvalue weighted by Gasteiger charge is 2.59. The van der Waals surface area contributed by atoms with Crippen LogP contribution in [-0.4, -0.2) is 47.7 Å². The number of hydrogen-bond acceptors (Lipinski definition) is 5. The van der Waals surface area contributed by atoms with Crippen LogP contribution in [0, 0.1) is 34.5 Å². The maximum absolute atomic E-state index is 12.9. The number of amides is 1. The van der Waals surface area contributed by atoms with E-state index in [0.717, 1.165) is 37.4 Å². The highest BCUT2D eigenvalue weighted by molar-refractivity contribution is 5.91. The van der Waals surface area contributed by atoms with Gasteiger partial charge in [-0.25, -0.2) is 4.79 Å². The van der Waals surface area contributed by atoms with Crippen LogP contribution in [0.15, 0.2) is 16.8 Å². The van der Waals surface area contributed by atoms with E-state index in [-0.39, 0.29) is 35.4 Å². The van der Waals surface area contributed by atoms with Gasteiger partial charge in [0.15, 0.2) is 5.78 Å². The Morgan fingerprint density at radius 3 is 2.51 bits per heavy atom. The number of fused-ring (bicyclic) bond motifs is 5. The number of hydrogen-bond donors (Lipinski definition) is 1. The van der Waals surface area contributed by atoms with Gasteiger partial charge in [-0.1, -0.05) is 38.4 Å². The minimum absolute atomic E-state index is 0. The fourth-order valence-corrected chi connectivity index (χ4v) is 8.51. The topological polar surface area (TPSA) is 71.0 Å². The molecule has 7 heteroatoms. The molecule has 0 aliphatic heterocycles. The first-order valence-electron chi connectivity index (χ1n) is 14.5. The molecule has 0 bridgehead atoms. The van der Waals surface area contributed by atoms with E-state index < -0.39 is 0 Å². The van der Waals surface area contributed by atoms with Crippen molar-refractivity contribution in [3.8, 4) is 0 Å². The highest BCUT2D eigenvalue weighted by atomic mass is 35.5. The van der Waals surface area contributed by atoms with E-state index >= 15 is 0 Å². The average molecular weight is 536 g/mol. The number of halogens is 1. The van der Waals surface area contributed by atoms with Crippen LogP contribution in [0.1, 0.15) is 99.8 Å². The second-order valence-electron chi connectivity index (χ2n) is 13.1. The Morgan fingerprint density at radius 2 is 1.84 bits per heavy atom. The minimum atomic E-state index is -0.357. The van der Waals surface area contributed by atoms with Crippen LogP contribution >= 0.6 is 12.4 Å². The molecule has 37 heavy (non-hydrogen) atoms. The van der Waals surface area contributed by atoms with Crippen LogP contribution in [0.4, 0.5) is 4.79 Å². The van der Waals surface area contributed by atoms with Crippen LogP contribution in [0.5, 0.6) is 0 Å². The summed E-state index contributed by atoms with van der Waals surface area (Å²) in [7, 11) is 0. The van der Waals surface area contributed by atoms with Crippen molar-refractivity contribution in [1.82, 2.24) is 10.2 Å². The lowest BCUT2D eigenvalue weighted by Crippen LogP contribution is -2.51. The lowest BCUT2D eigenvalue weighted by Gasteiger charge is -2.58. The zero-order valence-corrected chi connectivity index (χ0v) is 25.0. The number of rotatable bonds is 7. The van der Waals surface area contributed by atoms with E-state index in [4.69, 9.17) is 4.84 Å². The third kappa shape index (κ3) is 5.80. The Hall–Kier alpha value is -1.40. The molecule has 0 aromatic heterocycles. The predicted molar refractivity (Wildman–Crippen MR) is 152 cm³/mol. The summed E-state index contributed by atoms with van der Waals surface area (Å²) in [5.74, 6) is 2.80. The van der Waals surface area contributed by atoms with Gasteiger partial charge in [0.1, 0.15) is 0 Å². The zero-order valence-electron chi connectivity index (χ0n) is 24.1. The Bertz CT molecular complexity index is 916. The Morgan fingerprint density at radius 1 is 1.11 bits per heavy atom. The third-order valence-corrected chi connectivity index (χ3v) is 10.5. The lowest BCUT2D eigenvalue weighted by atomic mass is 9.46. The molecule has 1 amide bonds. The summed E-state index contributed by atoms with van der Waals surface area (Å²) < 4.78 is 0. The first-order valence-corrected chi connectivity index (χ1v) is 14.5. The van der Waals surface area contributed by atoms with Gasteiger partial charge in [0, 0.05) is 37.5 Å². The zero-order chi connectivity index (χ0) is 26.3. The quantitative estimate of drug-likeness (QED) is 0.221. The molecular weight excluding hydrogens is 486 g/mol. The maximum Gasteiger partial charge on any atom is 0.436 e. The standard InChI is InChI=1S/C30H49N3O3.ClH/c1-19(2)31-16-17-33(20(3)4)28(35)36-32-21(5)25-10-11-26-24-9-8-22-18-23(34)12-14-29(22,6)27(24)13-15-30(25,26)7;/h18-20,24-27,31H,8-17H2,1-7H3;1H/b32-21+;/t24-,25+,26-,27-,29-,30+;/m0./s1. The number of allylic oxidation sites excluding steroid dienone is 1. The van der Waals surface area contributed by atoms with E-state index in [2.05, 4.69) is 45.1 Å². The summed E-state index contributed by atoms with van der Waals surface area (Å²) in [5.41, 5.74) is 2.82. The molecular formula is C30H50ClN3O3. The van der Waals surface area contributed by atoms with Crippen molar-refractivity contribution in [3.05, 3.63) is 11.6 Å². The molecule has 1 N–H and O–H groups in total. The first-order chi connectivity index (χ1) is 17.0. The van der Waals surface area contributed by atoms with Gasteiger partial charge in [0.25, 0.3) is 0 Å². The predicted octanol–water partition coefficient (Wildman–Crippen LogP) is 6.78. The normalized spacial score (nSPS) is 35.3. The van der Waals surface area contributed by atoms with Gasteiger partial charge in [-0.05, 0) is 100 Å². The number of ketones is 1. The Labute approximate surface area is 230 Å². The van der Waals surface area contributed by atoms with Gasteiger partial charge in [-0.3, -0.25) is 9.63 Å². The molecule has 0 heterocycles. The van der Waals surface area contributed by atoms with Gasteiger partial charge < -0.3 is 10.2 Å². The van der Waals surface area contributed by atoms with Crippen molar-refractivity contribution in [3.63, 3.8) is 0 Å². The SMILES string of the molecule is C/C(=N\OC(=O)N(CCNC(C)C)C(C)C)[C@H]1CC[C@H]2[C@@H]3CCC4=CC(=O)CC[C@]4(C)[C@H]3CC[C@]12C.Cl. The van der Waals surface area contributed by atoms with Crippen molar-refractivity contribution in [2.75, 3.05) is 13.1 Å². The Kier molecular flexibility index (Phi) is 9.59. The van der Waals surface area contributed by atoms with E-state index in [1.54, 1.807) is 4.90 Å². The van der Waals surface area contributed by atoms with Crippen LogP contribution in [-0.2, 0) is 9.63 Å². The summed E-state index contributed by atoms with van der Waals surface area (Å²) in [6, 6.07) is 0.448. The molecule has 0 radical (unpaired) electrons. The van der Waals surface area contributed by atoms with Crippen LogP contribution < -0.4 is 5.32 Å². The van der Waals surface area contributed by atoms with Gasteiger partial charge in [-0.2, -0.15) is 0 Å². The lowest BCUT2D eigenvalue weighted by molar-refractivity contribution is -0.117. The number of nitrogens with one attached hydrogen (secondary N) is 1. The molecule has 4 rings (SSSR count). The number of nitrogens with zero attached hydrogens (tertiary/aromatic N) is 2. The molecule has 0 spiro atoms. The molecule has 3 fully saturated rings. The summed E-state index contributed by atoms with van der Waals surface area (Å²) in [5, 5.41) is 7.81. The molecule has 0 aromatic carbocycles. The molecule has 210 valence electrons. The van der Waals surface area contributed by atoms with E-state index in [1.807, 2.05) is 19.9 Å². The summed E-state index contributed by atoms with van der Waals surface area (Å²) in [6.45, 7) is 16.6. The van der Waals surface area contributed by atoms with Crippen molar-refractivity contribution in [2.45, 2.75) is 112 Å². The number of oxime groups is 1. The summed E-state index contributed by atoms with van der Waals surface area (Å²) in [4.78, 5) is 32.3. The van der Waals surface area contributed by atoms with Gasteiger partial charge in [-0.15, -0.1) is 12.4 Å². The molecule has 3 saturated carbocycles. The van der Waals surface area contributed by atoms with Crippen molar-refractivity contribution in [2.24, 2.45) is 39.7 Å². The van der Waals surface area contributed by atoms with Gasteiger partial charge in [0.05, 0.1) is 5.71 Å². The van der Waals surface area contributed by atoms with E-state index in [0.29, 0.717) is 42.5 Å². The van der Waals surface area contributed by atoms with Crippen molar-refractivity contribution in [1.29, 1.82) is 0 Å². The van der Waals surface area contributed by atoms with Crippen LogP contribution in [0.25, 0.3) is 0 Å². The second-order valence-corrected chi connectivity index (χ2v) is 13.1. The third-order valence-electron chi connectivity index (χ3n) is 10.5. The fourth-order valence-electron chi connectivity index (χ4n) is 8.51. The van der Waals surface area contributed by atoms with Gasteiger partial charge >= 0.3 is 6.09 Å². The molecule has 0 saturated heterocycles. The van der Waals surface area contributed by atoms with E-state index in [1.165, 1.54) is 31.3 Å². The largest absolute Gasteiger partial charge is 0.436 e.